The maximum atomic E-state index is 12.8. The highest BCUT2D eigenvalue weighted by Crippen LogP contribution is 2.22. The van der Waals surface area contributed by atoms with Crippen molar-refractivity contribution >= 4 is 34.0 Å². The van der Waals surface area contributed by atoms with Crippen LogP contribution in [0.25, 0.3) is 0 Å². The van der Waals surface area contributed by atoms with Crippen molar-refractivity contribution in [3.05, 3.63) is 53.6 Å². The minimum atomic E-state index is -3.83. The quantitative estimate of drug-likeness (QED) is 0.534. The molecule has 0 aliphatic carbocycles. The third-order valence-electron chi connectivity index (χ3n) is 3.82. The molecule has 0 fully saturated rings. The molecule has 1 amide bonds. The fourth-order valence-corrected chi connectivity index (χ4v) is 3.76. The second-order valence-corrected chi connectivity index (χ2v) is 7.55. The van der Waals surface area contributed by atoms with Gasteiger partial charge in [0.2, 0.25) is 0 Å². The van der Waals surface area contributed by atoms with Gasteiger partial charge in [0.15, 0.2) is 0 Å². The molecule has 2 aromatic rings. The summed E-state index contributed by atoms with van der Waals surface area (Å²) in [6.45, 7) is 5.18. The van der Waals surface area contributed by atoms with Crippen LogP contribution in [0.1, 0.15) is 22.8 Å². The van der Waals surface area contributed by atoms with Gasteiger partial charge < -0.3 is 15.4 Å². The van der Waals surface area contributed by atoms with E-state index >= 15 is 0 Å². The highest BCUT2D eigenvalue weighted by Gasteiger charge is 2.19. The van der Waals surface area contributed by atoms with Crippen LogP contribution in [0.5, 0.6) is 5.75 Å². The summed E-state index contributed by atoms with van der Waals surface area (Å²) in [4.78, 5) is 12.3. The van der Waals surface area contributed by atoms with Crippen molar-refractivity contribution in [2.24, 2.45) is 0 Å². The molecule has 2 rings (SSSR count). The van der Waals surface area contributed by atoms with Gasteiger partial charge in [0.25, 0.3) is 15.9 Å². The van der Waals surface area contributed by atoms with Crippen LogP contribution in [-0.2, 0) is 10.0 Å². The molecule has 0 atom stereocenters. The van der Waals surface area contributed by atoms with Crippen LogP contribution in [0.2, 0.25) is 0 Å². The van der Waals surface area contributed by atoms with Gasteiger partial charge in [-0.3, -0.25) is 9.52 Å². The minimum absolute atomic E-state index is 0. The Morgan fingerprint density at radius 3 is 2.36 bits per heavy atom. The molecule has 3 N–H and O–H groups in total. The number of amides is 1. The lowest BCUT2D eigenvalue weighted by Crippen LogP contribution is -2.30. The summed E-state index contributed by atoms with van der Waals surface area (Å²) in [5, 5.41) is 5.66. The van der Waals surface area contributed by atoms with Crippen LogP contribution in [-0.4, -0.2) is 41.1 Å². The number of sulfonamides is 1. The zero-order valence-corrected chi connectivity index (χ0v) is 17.7. The highest BCUT2D eigenvalue weighted by atomic mass is 35.5. The third-order valence-corrected chi connectivity index (χ3v) is 5.34. The van der Waals surface area contributed by atoms with Crippen molar-refractivity contribution in [3.8, 4) is 5.75 Å². The number of carbonyl (C=O) groups excluding carboxylic acids is 1. The first-order valence-corrected chi connectivity index (χ1v) is 10.1. The zero-order valence-electron chi connectivity index (χ0n) is 16.1. The van der Waals surface area contributed by atoms with E-state index in [9.17, 15) is 13.2 Å². The molecule has 2 aromatic carbocycles. The maximum absolute atomic E-state index is 12.8. The van der Waals surface area contributed by atoms with Crippen LogP contribution in [0, 0.1) is 6.92 Å². The first-order valence-electron chi connectivity index (χ1n) is 8.66. The molecule has 0 unspecified atom stereocenters. The monoisotopic (exact) mass is 427 g/mol. The maximum Gasteiger partial charge on any atom is 0.262 e. The van der Waals surface area contributed by atoms with Gasteiger partial charge in [-0.25, -0.2) is 8.42 Å². The molecule has 0 bridgehead atoms. The Kier molecular flexibility index (Phi) is 9.24. The van der Waals surface area contributed by atoms with E-state index in [-0.39, 0.29) is 23.2 Å². The van der Waals surface area contributed by atoms with Gasteiger partial charge in [-0.15, -0.1) is 12.4 Å². The van der Waals surface area contributed by atoms with Crippen molar-refractivity contribution in [3.63, 3.8) is 0 Å². The lowest BCUT2D eigenvalue weighted by molar-refractivity contribution is 0.0954. The molecule has 0 heterocycles. The Labute approximate surface area is 172 Å². The Bertz CT molecular complexity index is 887. The molecule has 28 heavy (non-hydrogen) atoms. The van der Waals surface area contributed by atoms with Crippen LogP contribution in [0.4, 0.5) is 5.69 Å². The lowest BCUT2D eigenvalue weighted by Gasteiger charge is -2.13. The minimum Gasteiger partial charge on any atom is -0.494 e. The zero-order chi connectivity index (χ0) is 19.9. The lowest BCUT2D eigenvalue weighted by atomic mass is 10.1. The number of nitrogens with one attached hydrogen (secondary N) is 3. The van der Waals surface area contributed by atoms with E-state index in [0.29, 0.717) is 42.3 Å². The fraction of sp³-hybridized carbons (Fsp3) is 0.316. The molecule has 0 aromatic heterocycles. The van der Waals surface area contributed by atoms with Gasteiger partial charge in [-0.1, -0.05) is 6.07 Å². The van der Waals surface area contributed by atoms with Gasteiger partial charge in [-0.05, 0) is 62.9 Å². The fourth-order valence-electron chi connectivity index (χ4n) is 2.43. The largest absolute Gasteiger partial charge is 0.494 e. The topological polar surface area (TPSA) is 96.5 Å². The predicted octanol–water partition coefficient (Wildman–Crippen LogP) is 2.57. The smallest absolute Gasteiger partial charge is 0.262 e. The molecule has 0 saturated heterocycles. The number of hydrogen-bond acceptors (Lipinski definition) is 5. The van der Waals surface area contributed by atoms with E-state index < -0.39 is 10.0 Å². The molecular formula is C19H26ClN3O4S. The number of rotatable bonds is 9. The number of anilines is 1. The molecule has 0 saturated carbocycles. The number of aryl methyl sites for hydroxylation is 1. The van der Waals surface area contributed by atoms with Gasteiger partial charge in [-0.2, -0.15) is 0 Å². The molecule has 0 spiro atoms. The predicted molar refractivity (Wildman–Crippen MR) is 113 cm³/mol. The number of carbonyl (C=O) groups is 1. The Morgan fingerprint density at radius 2 is 1.75 bits per heavy atom. The van der Waals surface area contributed by atoms with E-state index in [1.165, 1.54) is 6.07 Å². The Morgan fingerprint density at radius 1 is 1.07 bits per heavy atom. The van der Waals surface area contributed by atoms with Crippen molar-refractivity contribution < 1.29 is 17.9 Å². The second-order valence-electron chi connectivity index (χ2n) is 5.90. The van der Waals surface area contributed by atoms with Gasteiger partial charge in [0.1, 0.15) is 5.75 Å². The van der Waals surface area contributed by atoms with Gasteiger partial charge in [0.05, 0.1) is 11.5 Å². The average Bonchev–Trinajstić information content (AvgIpc) is 2.63. The van der Waals surface area contributed by atoms with Gasteiger partial charge in [0, 0.05) is 24.3 Å². The van der Waals surface area contributed by atoms with E-state index in [1.807, 2.05) is 6.92 Å². The van der Waals surface area contributed by atoms with Crippen molar-refractivity contribution in [1.82, 2.24) is 10.6 Å². The molecule has 154 valence electrons. The molecule has 0 radical (unpaired) electrons. The van der Waals surface area contributed by atoms with Crippen LogP contribution >= 0.6 is 12.4 Å². The van der Waals surface area contributed by atoms with Gasteiger partial charge >= 0.3 is 0 Å². The molecule has 0 aliphatic rings. The number of likely N-dealkylation sites (N-methyl/N-ethyl adjacent to an activating group) is 1. The van der Waals surface area contributed by atoms with E-state index in [1.54, 1.807) is 50.4 Å². The Balaban J connectivity index is 0.00000392. The van der Waals surface area contributed by atoms with Crippen LogP contribution in [0.3, 0.4) is 0 Å². The summed E-state index contributed by atoms with van der Waals surface area (Å²) >= 11 is 0. The molecule has 7 nitrogen and oxygen atoms in total. The first-order chi connectivity index (χ1) is 12.9. The normalized spacial score (nSPS) is 10.7. The van der Waals surface area contributed by atoms with Crippen LogP contribution < -0.4 is 20.1 Å². The summed E-state index contributed by atoms with van der Waals surface area (Å²) in [6.07, 6.45) is 0. The van der Waals surface area contributed by atoms with E-state index in [2.05, 4.69) is 15.4 Å². The molecule has 9 heteroatoms. The van der Waals surface area contributed by atoms with Crippen molar-refractivity contribution in [1.29, 1.82) is 0 Å². The Hall–Kier alpha value is -2.29. The van der Waals surface area contributed by atoms with E-state index in [0.717, 1.165) is 0 Å². The summed E-state index contributed by atoms with van der Waals surface area (Å²) in [5.41, 5.74) is 1.27. The molecular weight excluding hydrogens is 402 g/mol. The number of ether oxygens (including phenoxy) is 1. The summed E-state index contributed by atoms with van der Waals surface area (Å²) in [7, 11) is -2.05. The van der Waals surface area contributed by atoms with Crippen LogP contribution in [0.15, 0.2) is 47.4 Å². The van der Waals surface area contributed by atoms with Crippen molar-refractivity contribution in [2.45, 2.75) is 18.7 Å². The standard InChI is InChI=1S/C19H25N3O4S.ClH/c1-4-26-17-9-7-16(8-10-17)22-27(24,25)18-13-15(6-5-14(18)2)19(23)21-12-11-20-3;/h5-10,13,20,22H,4,11-12H2,1-3H3,(H,21,23);1H. The number of hydrogen-bond donors (Lipinski definition) is 3. The van der Waals surface area contributed by atoms with E-state index in [4.69, 9.17) is 4.74 Å². The van der Waals surface area contributed by atoms with Crippen molar-refractivity contribution in [2.75, 3.05) is 31.5 Å². The second kappa shape index (κ2) is 10.9. The summed E-state index contributed by atoms with van der Waals surface area (Å²) in [5.74, 6) is 0.347. The first kappa shape index (κ1) is 23.7. The number of halogens is 1. The number of benzene rings is 2. The SMILES string of the molecule is CCOc1ccc(NS(=O)(=O)c2cc(C(=O)NCCNC)ccc2C)cc1.Cl. The summed E-state index contributed by atoms with van der Waals surface area (Å²) < 4.78 is 33.5. The average molecular weight is 428 g/mol. The highest BCUT2D eigenvalue weighted by molar-refractivity contribution is 7.92. The third kappa shape index (κ3) is 6.40. The molecule has 0 aliphatic heterocycles. The summed E-state index contributed by atoms with van der Waals surface area (Å²) in [6, 6.07) is 11.3.